The molecule has 3 aromatic rings. The number of nitrogens with two attached hydrogens (primary N) is 1. The van der Waals surface area contributed by atoms with E-state index in [4.69, 9.17) is 10.5 Å². The number of para-hydroxylation sites is 2. The zero-order valence-electron chi connectivity index (χ0n) is 20.1. The van der Waals surface area contributed by atoms with Crippen LogP contribution in [-0.2, 0) is 6.54 Å². The number of aromatic nitrogens is 3. The summed E-state index contributed by atoms with van der Waals surface area (Å²) in [6.45, 7) is 0.476. The van der Waals surface area contributed by atoms with Crippen molar-refractivity contribution < 1.29 is 9.53 Å². The fourth-order valence-electron chi connectivity index (χ4n) is 4.48. The minimum Gasteiger partial charge on any atom is -0.467 e. The molecule has 184 valence electrons. The van der Waals surface area contributed by atoms with E-state index in [2.05, 4.69) is 43.1 Å². The molecule has 2 aliphatic carbocycles. The van der Waals surface area contributed by atoms with Crippen LogP contribution in [0.4, 0.5) is 23.3 Å². The fraction of sp³-hybridized carbons (Fsp3) is 0.259. The molecule has 0 saturated heterocycles. The molecular formula is C27H29N7O2. The Labute approximate surface area is 209 Å². The Hall–Kier alpha value is -4.40. The highest BCUT2D eigenvalue weighted by Gasteiger charge is 2.24. The third-order valence-corrected chi connectivity index (χ3v) is 6.35. The Balaban J connectivity index is 1.19. The Morgan fingerprint density at radius 1 is 1.06 bits per heavy atom. The molecule has 1 aromatic heterocycles. The maximum Gasteiger partial charge on any atom is 0.322 e. The highest BCUT2D eigenvalue weighted by molar-refractivity contribution is 6.05. The largest absolute Gasteiger partial charge is 0.467 e. The number of allylic oxidation sites excluding steroid dienone is 2. The van der Waals surface area contributed by atoms with Gasteiger partial charge in [-0.3, -0.25) is 4.79 Å². The minimum absolute atomic E-state index is 0.219. The smallest absolute Gasteiger partial charge is 0.322 e. The molecule has 0 radical (unpaired) electrons. The van der Waals surface area contributed by atoms with Gasteiger partial charge in [-0.2, -0.15) is 15.0 Å². The summed E-state index contributed by atoms with van der Waals surface area (Å²) in [6, 6.07) is 15.0. The summed E-state index contributed by atoms with van der Waals surface area (Å²) in [6.07, 6.45) is 8.72. The van der Waals surface area contributed by atoms with E-state index in [1.165, 1.54) is 18.3 Å². The zero-order valence-corrected chi connectivity index (χ0v) is 20.1. The molecule has 0 saturated carbocycles. The molecular weight excluding hydrogens is 454 g/mol. The van der Waals surface area contributed by atoms with Gasteiger partial charge in [0.15, 0.2) is 0 Å². The number of methoxy groups -OCH3 is 1. The van der Waals surface area contributed by atoms with Gasteiger partial charge in [-0.05, 0) is 61.1 Å². The molecule has 0 bridgehead atoms. The van der Waals surface area contributed by atoms with Crippen molar-refractivity contribution >= 4 is 29.2 Å². The van der Waals surface area contributed by atoms with E-state index in [1.54, 1.807) is 24.3 Å². The fourth-order valence-corrected chi connectivity index (χ4v) is 4.48. The van der Waals surface area contributed by atoms with Crippen molar-refractivity contribution in [3.63, 3.8) is 0 Å². The first-order valence-corrected chi connectivity index (χ1v) is 12.0. The van der Waals surface area contributed by atoms with E-state index >= 15 is 0 Å². The lowest BCUT2D eigenvalue weighted by Crippen LogP contribution is -2.19. The van der Waals surface area contributed by atoms with Crippen molar-refractivity contribution in [1.82, 2.24) is 15.0 Å². The number of nitrogens with one attached hydrogen (secondary N) is 3. The van der Waals surface area contributed by atoms with E-state index in [0.29, 0.717) is 35.4 Å². The molecule has 9 heteroatoms. The number of anilines is 4. The summed E-state index contributed by atoms with van der Waals surface area (Å²) in [5.41, 5.74) is 11.5. The highest BCUT2D eigenvalue weighted by atomic mass is 16.5. The number of carbonyl (C=O) groups is 1. The van der Waals surface area contributed by atoms with Crippen LogP contribution in [0, 0.1) is 0 Å². The maximum atomic E-state index is 12.6. The number of benzene rings is 2. The van der Waals surface area contributed by atoms with Crippen molar-refractivity contribution in [2.75, 3.05) is 28.8 Å². The molecule has 36 heavy (non-hydrogen) atoms. The molecule has 1 unspecified atom stereocenters. The van der Waals surface area contributed by atoms with Crippen molar-refractivity contribution in [2.24, 2.45) is 0 Å². The predicted molar refractivity (Wildman–Crippen MR) is 141 cm³/mol. The number of hydrogen-bond acceptors (Lipinski definition) is 8. The summed E-state index contributed by atoms with van der Waals surface area (Å²) in [4.78, 5) is 25.8. The first-order chi connectivity index (χ1) is 17.6. The average molecular weight is 484 g/mol. The number of hydrogen-bond donors (Lipinski definition) is 4. The average Bonchev–Trinajstić information content (AvgIpc) is 3.31. The van der Waals surface area contributed by atoms with Crippen LogP contribution in [0.3, 0.4) is 0 Å². The molecule has 9 nitrogen and oxygen atoms in total. The first kappa shape index (κ1) is 23.3. The van der Waals surface area contributed by atoms with E-state index in [9.17, 15) is 4.79 Å². The lowest BCUT2D eigenvalue weighted by atomic mass is 10.0. The normalized spacial score (nSPS) is 16.4. The summed E-state index contributed by atoms with van der Waals surface area (Å²) in [7, 11) is 1.54. The molecule has 2 aliphatic rings. The van der Waals surface area contributed by atoms with Crippen molar-refractivity contribution in [3.8, 4) is 6.01 Å². The van der Waals surface area contributed by atoms with Crippen LogP contribution in [0.5, 0.6) is 6.01 Å². The molecule has 1 amide bonds. The van der Waals surface area contributed by atoms with Gasteiger partial charge in [0.05, 0.1) is 18.5 Å². The molecule has 5 rings (SSSR count). The number of rotatable bonds is 8. The number of carbonyl (C=O) groups excluding carboxylic acids is 1. The quantitative estimate of drug-likeness (QED) is 0.344. The van der Waals surface area contributed by atoms with E-state index < -0.39 is 0 Å². The van der Waals surface area contributed by atoms with Crippen LogP contribution in [0.2, 0.25) is 0 Å². The third kappa shape index (κ3) is 5.46. The van der Waals surface area contributed by atoms with Crippen LogP contribution >= 0.6 is 0 Å². The van der Waals surface area contributed by atoms with Gasteiger partial charge in [-0.1, -0.05) is 42.0 Å². The van der Waals surface area contributed by atoms with Gasteiger partial charge in [0.25, 0.3) is 5.91 Å². The number of nitrogen functional groups attached to an aromatic ring is 1. The van der Waals surface area contributed by atoms with Gasteiger partial charge in [-0.25, -0.2) is 0 Å². The molecule has 2 aromatic carbocycles. The van der Waals surface area contributed by atoms with Gasteiger partial charge in [0.1, 0.15) is 0 Å². The highest BCUT2D eigenvalue weighted by Crippen LogP contribution is 2.34. The summed E-state index contributed by atoms with van der Waals surface area (Å²) < 4.78 is 5.29. The van der Waals surface area contributed by atoms with Gasteiger partial charge < -0.3 is 26.4 Å². The number of ether oxygens (including phenoxy) is 1. The topological polar surface area (TPSA) is 127 Å². The van der Waals surface area contributed by atoms with Gasteiger partial charge in [0.2, 0.25) is 11.9 Å². The number of nitrogens with zero attached hydrogens (tertiary/aromatic N) is 3. The van der Waals surface area contributed by atoms with Gasteiger partial charge in [0, 0.05) is 18.2 Å². The Kier molecular flexibility index (Phi) is 6.79. The third-order valence-electron chi connectivity index (χ3n) is 6.35. The van der Waals surface area contributed by atoms with Crippen molar-refractivity contribution in [1.29, 1.82) is 0 Å². The van der Waals surface area contributed by atoms with E-state index in [-0.39, 0.29) is 18.0 Å². The predicted octanol–water partition coefficient (Wildman–Crippen LogP) is 4.55. The van der Waals surface area contributed by atoms with Crippen LogP contribution in [0.25, 0.3) is 0 Å². The standard InChI is InChI=1S/C27H29N7O2/c1-36-27-33-25(32-26(34-27)30-21-14-19-6-2-3-7-20(19)15-21)29-16-17-10-12-18(13-11-17)24(35)31-23-9-5-4-8-22(23)28/h2,4-6,8-13,21H,3,7,14-16,28H2,1H3,(H,31,35)(H2,29,30,32,33,34). The summed E-state index contributed by atoms with van der Waals surface area (Å²) in [5, 5.41) is 9.50. The zero-order chi connectivity index (χ0) is 24.9. The Morgan fingerprint density at radius 2 is 1.86 bits per heavy atom. The molecule has 0 spiro atoms. The van der Waals surface area contributed by atoms with Crippen molar-refractivity contribution in [3.05, 3.63) is 83.0 Å². The molecule has 1 atom stereocenters. The monoisotopic (exact) mass is 483 g/mol. The summed E-state index contributed by atoms with van der Waals surface area (Å²) in [5.74, 6) is 0.690. The molecule has 1 heterocycles. The van der Waals surface area contributed by atoms with E-state index in [1.807, 2.05) is 24.3 Å². The second-order valence-electron chi connectivity index (χ2n) is 8.88. The Bertz CT molecular complexity index is 1320. The second-order valence-corrected chi connectivity index (χ2v) is 8.88. The van der Waals surface area contributed by atoms with Crippen LogP contribution in [-0.4, -0.2) is 34.0 Å². The first-order valence-electron chi connectivity index (χ1n) is 12.0. The lowest BCUT2D eigenvalue weighted by molar-refractivity contribution is 0.102. The van der Waals surface area contributed by atoms with Crippen LogP contribution in [0.1, 0.15) is 41.6 Å². The number of amides is 1. The van der Waals surface area contributed by atoms with E-state index in [0.717, 1.165) is 31.2 Å². The van der Waals surface area contributed by atoms with Crippen LogP contribution in [0.15, 0.2) is 71.8 Å². The van der Waals surface area contributed by atoms with Gasteiger partial charge >= 0.3 is 6.01 Å². The molecule has 0 aliphatic heterocycles. The molecule has 5 N–H and O–H groups in total. The Morgan fingerprint density at radius 3 is 2.64 bits per heavy atom. The minimum atomic E-state index is -0.219. The van der Waals surface area contributed by atoms with Gasteiger partial charge in [-0.15, -0.1) is 0 Å². The van der Waals surface area contributed by atoms with Crippen LogP contribution < -0.4 is 26.4 Å². The maximum absolute atomic E-state index is 12.6. The summed E-state index contributed by atoms with van der Waals surface area (Å²) >= 11 is 0. The molecule has 0 fully saturated rings. The lowest BCUT2D eigenvalue weighted by Gasteiger charge is -2.14. The second kappa shape index (κ2) is 10.5. The van der Waals surface area contributed by atoms with Crippen molar-refractivity contribution in [2.45, 2.75) is 38.3 Å². The SMILES string of the molecule is COc1nc(NCc2ccc(C(=O)Nc3ccccc3N)cc2)nc(NC2CC3=C(CCC=C3)C2)n1.